The van der Waals surface area contributed by atoms with Crippen LogP contribution in [0.15, 0.2) is 211 Å². The Labute approximate surface area is 338 Å². The number of fused-ring (bicyclic) bond motifs is 12. The van der Waals surface area contributed by atoms with Crippen LogP contribution in [-0.4, -0.2) is 4.57 Å². The van der Waals surface area contributed by atoms with Crippen molar-refractivity contribution in [1.82, 2.24) is 4.57 Å². The Morgan fingerprint density at radius 1 is 0.414 bits per heavy atom. The number of hydrogen-bond acceptors (Lipinski definition) is 3. The van der Waals surface area contributed by atoms with Crippen molar-refractivity contribution in [2.24, 2.45) is 0 Å². The highest BCUT2D eigenvalue weighted by molar-refractivity contribution is 7.27. The molecule has 0 spiro atoms. The molecule has 0 N–H and O–H groups in total. The average molecular weight is 759 g/mol. The minimum absolute atomic E-state index is 0.913. The van der Waals surface area contributed by atoms with E-state index in [4.69, 9.17) is 4.42 Å². The van der Waals surface area contributed by atoms with Gasteiger partial charge in [0.2, 0.25) is 0 Å². The lowest BCUT2D eigenvalue weighted by atomic mass is 9.99. The second-order valence-corrected chi connectivity index (χ2v) is 15.9. The molecule has 4 heteroatoms. The third kappa shape index (κ3) is 5.05. The number of hydrogen-bond donors (Lipinski definition) is 0. The molecule has 0 aliphatic heterocycles. The van der Waals surface area contributed by atoms with E-state index in [9.17, 15) is 0 Å². The van der Waals surface area contributed by atoms with Gasteiger partial charge in [-0.3, -0.25) is 0 Å². The number of nitrogens with zero attached hydrogens (tertiary/aromatic N) is 2. The molecule has 0 atom stereocenters. The molecule has 0 bridgehead atoms. The molecule has 12 aromatic rings. The number of aromatic nitrogens is 1. The van der Waals surface area contributed by atoms with Crippen LogP contribution in [0.1, 0.15) is 0 Å². The van der Waals surface area contributed by atoms with E-state index >= 15 is 0 Å². The lowest BCUT2D eigenvalue weighted by Gasteiger charge is -2.26. The van der Waals surface area contributed by atoms with Crippen molar-refractivity contribution in [1.29, 1.82) is 0 Å². The van der Waals surface area contributed by atoms with Gasteiger partial charge in [0.25, 0.3) is 0 Å². The highest BCUT2D eigenvalue weighted by atomic mass is 32.1. The first kappa shape index (κ1) is 32.8. The third-order valence-electron chi connectivity index (χ3n) is 11.6. The van der Waals surface area contributed by atoms with Gasteiger partial charge in [0.05, 0.1) is 15.7 Å². The number of furan rings is 1. The van der Waals surface area contributed by atoms with Crippen molar-refractivity contribution in [2.75, 3.05) is 4.90 Å². The van der Waals surface area contributed by atoms with Crippen LogP contribution in [-0.2, 0) is 0 Å². The fourth-order valence-corrected chi connectivity index (χ4v) is 10.2. The standard InChI is InChI=1S/C54H34N2OS/c1-4-14-35(15-5-1)36-24-29-41(30-25-36)55(39-16-6-2-7-17-39)42-31-26-37(27-32-42)38-28-33-43-46(34-38)56(40-18-8-3-9-19-40)52-49(43)50-44-20-10-12-22-47(44)57-53(50)51-45-21-11-13-23-48(45)58-54(51)52/h1-34H. The summed E-state index contributed by atoms with van der Waals surface area (Å²) in [6.07, 6.45) is 0. The molecule has 12 rings (SSSR count). The average Bonchev–Trinajstić information content (AvgIpc) is 3.98. The first-order valence-electron chi connectivity index (χ1n) is 19.7. The summed E-state index contributed by atoms with van der Waals surface area (Å²) < 4.78 is 11.8. The molecule has 0 radical (unpaired) electrons. The van der Waals surface area contributed by atoms with Crippen LogP contribution in [0, 0.1) is 0 Å². The molecule has 58 heavy (non-hydrogen) atoms. The van der Waals surface area contributed by atoms with Crippen LogP contribution in [0.3, 0.4) is 0 Å². The Hall–Kier alpha value is -7.40. The van der Waals surface area contributed by atoms with Crippen LogP contribution in [0.25, 0.3) is 91.9 Å². The summed E-state index contributed by atoms with van der Waals surface area (Å²) in [5.74, 6) is 0. The number of thiophene rings is 1. The summed E-state index contributed by atoms with van der Waals surface area (Å²) in [6.45, 7) is 0. The molecule has 0 amide bonds. The number of rotatable bonds is 6. The largest absolute Gasteiger partial charge is 0.455 e. The lowest BCUT2D eigenvalue weighted by molar-refractivity contribution is 0.673. The van der Waals surface area contributed by atoms with Gasteiger partial charge in [0.15, 0.2) is 0 Å². The summed E-state index contributed by atoms with van der Waals surface area (Å²) in [5, 5.41) is 7.19. The van der Waals surface area contributed by atoms with Crippen LogP contribution >= 0.6 is 11.3 Å². The monoisotopic (exact) mass is 758 g/mol. The van der Waals surface area contributed by atoms with E-state index in [0.717, 1.165) is 44.9 Å². The maximum Gasteiger partial charge on any atom is 0.145 e. The molecule has 3 heterocycles. The zero-order chi connectivity index (χ0) is 38.2. The smallest absolute Gasteiger partial charge is 0.145 e. The van der Waals surface area contributed by atoms with Gasteiger partial charge in [-0.15, -0.1) is 11.3 Å². The first-order chi connectivity index (χ1) is 28.8. The van der Waals surface area contributed by atoms with Gasteiger partial charge in [-0.1, -0.05) is 140 Å². The molecular weight excluding hydrogens is 725 g/mol. The number of anilines is 3. The Bertz CT molecular complexity index is 3470. The second-order valence-electron chi connectivity index (χ2n) is 14.9. The van der Waals surface area contributed by atoms with E-state index in [2.05, 4.69) is 216 Å². The molecule has 272 valence electrons. The fraction of sp³-hybridized carbons (Fsp3) is 0. The molecule has 9 aromatic carbocycles. The normalized spacial score (nSPS) is 11.8. The van der Waals surface area contributed by atoms with Crippen molar-refractivity contribution in [3.63, 3.8) is 0 Å². The van der Waals surface area contributed by atoms with E-state index < -0.39 is 0 Å². The van der Waals surface area contributed by atoms with Gasteiger partial charge < -0.3 is 13.9 Å². The van der Waals surface area contributed by atoms with Gasteiger partial charge in [0.1, 0.15) is 11.2 Å². The highest BCUT2D eigenvalue weighted by Crippen LogP contribution is 2.51. The lowest BCUT2D eigenvalue weighted by Crippen LogP contribution is -2.09. The molecule has 0 unspecified atom stereocenters. The van der Waals surface area contributed by atoms with Crippen LogP contribution < -0.4 is 4.90 Å². The van der Waals surface area contributed by atoms with Crippen LogP contribution in [0.2, 0.25) is 0 Å². The SMILES string of the molecule is c1ccc(-c2ccc(N(c3ccccc3)c3ccc(-c4ccc5c6c7c8ccccc8oc7c7c8ccccc8sc7c6n(-c6ccccc6)c5c4)cc3)cc2)cc1. The summed E-state index contributed by atoms with van der Waals surface area (Å²) in [5.41, 5.74) is 13.5. The number of para-hydroxylation sites is 3. The van der Waals surface area contributed by atoms with Gasteiger partial charge in [0, 0.05) is 59.8 Å². The Morgan fingerprint density at radius 3 is 1.69 bits per heavy atom. The fourth-order valence-electron chi connectivity index (χ4n) is 8.95. The molecule has 0 aliphatic rings. The molecule has 3 nitrogen and oxygen atoms in total. The summed E-state index contributed by atoms with van der Waals surface area (Å²) in [7, 11) is 0. The Kier molecular flexibility index (Phi) is 7.40. The van der Waals surface area contributed by atoms with E-state index in [1.165, 1.54) is 64.1 Å². The first-order valence-corrected chi connectivity index (χ1v) is 20.5. The van der Waals surface area contributed by atoms with E-state index in [0.29, 0.717) is 0 Å². The van der Waals surface area contributed by atoms with Crippen molar-refractivity contribution in [3.05, 3.63) is 206 Å². The molecule has 0 saturated heterocycles. The summed E-state index contributed by atoms with van der Waals surface area (Å²) in [6, 6.07) is 74.0. The molecule has 0 fully saturated rings. The highest BCUT2D eigenvalue weighted by Gasteiger charge is 2.25. The molecular formula is C54H34N2OS. The van der Waals surface area contributed by atoms with Gasteiger partial charge in [-0.25, -0.2) is 0 Å². The third-order valence-corrected chi connectivity index (χ3v) is 12.7. The maximum atomic E-state index is 6.81. The zero-order valence-electron chi connectivity index (χ0n) is 31.3. The Morgan fingerprint density at radius 2 is 0.966 bits per heavy atom. The van der Waals surface area contributed by atoms with Crippen molar-refractivity contribution >= 4 is 92.3 Å². The summed E-state index contributed by atoms with van der Waals surface area (Å²) >= 11 is 1.86. The van der Waals surface area contributed by atoms with E-state index in [-0.39, 0.29) is 0 Å². The van der Waals surface area contributed by atoms with Crippen LogP contribution in [0.4, 0.5) is 17.1 Å². The second kappa shape index (κ2) is 13.1. The minimum Gasteiger partial charge on any atom is -0.455 e. The quantitative estimate of drug-likeness (QED) is 0.168. The van der Waals surface area contributed by atoms with Gasteiger partial charge in [-0.2, -0.15) is 0 Å². The van der Waals surface area contributed by atoms with Gasteiger partial charge in [-0.05, 0) is 89.0 Å². The Balaban J connectivity index is 1.06. The van der Waals surface area contributed by atoms with Crippen LogP contribution in [0.5, 0.6) is 0 Å². The minimum atomic E-state index is 0.913. The van der Waals surface area contributed by atoms with Gasteiger partial charge >= 0.3 is 0 Å². The molecule has 3 aromatic heterocycles. The summed E-state index contributed by atoms with van der Waals surface area (Å²) in [4.78, 5) is 2.33. The van der Waals surface area contributed by atoms with Crippen molar-refractivity contribution in [2.45, 2.75) is 0 Å². The van der Waals surface area contributed by atoms with Crippen molar-refractivity contribution < 1.29 is 4.42 Å². The zero-order valence-corrected chi connectivity index (χ0v) is 32.2. The molecule has 0 saturated carbocycles. The topological polar surface area (TPSA) is 21.3 Å². The predicted molar refractivity (Wildman–Crippen MR) is 247 cm³/mol. The predicted octanol–water partition coefficient (Wildman–Crippen LogP) is 15.9. The van der Waals surface area contributed by atoms with E-state index in [1.54, 1.807) is 0 Å². The number of benzene rings is 9. The van der Waals surface area contributed by atoms with E-state index in [1.807, 2.05) is 11.3 Å². The van der Waals surface area contributed by atoms with Crippen molar-refractivity contribution in [3.8, 4) is 27.9 Å². The molecule has 0 aliphatic carbocycles. The maximum absolute atomic E-state index is 6.81.